The molecule has 1 aromatic heterocycles. The highest BCUT2D eigenvalue weighted by Crippen LogP contribution is 2.25. The lowest BCUT2D eigenvalue weighted by molar-refractivity contribution is -0.141. The van der Waals surface area contributed by atoms with Gasteiger partial charge in [0.25, 0.3) is 5.91 Å². The van der Waals surface area contributed by atoms with Gasteiger partial charge in [-0.1, -0.05) is 32.0 Å². The third-order valence-corrected chi connectivity index (χ3v) is 8.75. The fourth-order valence-corrected chi connectivity index (χ4v) is 6.25. The summed E-state index contributed by atoms with van der Waals surface area (Å²) < 4.78 is 13.3. The molecule has 4 amide bonds. The molecule has 0 unspecified atom stereocenters. The first-order valence-electron chi connectivity index (χ1n) is 16.8. The normalized spacial score (nSPS) is 18.5. The number of nitrogens with one attached hydrogen (secondary N) is 2. The number of nitrogens with zero attached hydrogens (tertiary/aromatic N) is 4. The van der Waals surface area contributed by atoms with Gasteiger partial charge >= 0.3 is 0 Å². The molecule has 2 bridgehead atoms. The van der Waals surface area contributed by atoms with E-state index in [1.807, 2.05) is 48.9 Å². The van der Waals surface area contributed by atoms with Gasteiger partial charge in [-0.25, -0.2) is 4.98 Å². The lowest BCUT2D eigenvalue weighted by Gasteiger charge is -2.34. The van der Waals surface area contributed by atoms with Crippen LogP contribution in [0.1, 0.15) is 49.9 Å². The minimum absolute atomic E-state index is 0.102. The number of rotatable bonds is 5. The molecule has 3 heterocycles. The van der Waals surface area contributed by atoms with Gasteiger partial charge in [0.1, 0.15) is 23.4 Å². The van der Waals surface area contributed by atoms with Crippen molar-refractivity contribution in [1.29, 1.82) is 0 Å². The Labute approximate surface area is 281 Å². The number of carbonyl (C=O) groups is 4. The number of benzene rings is 2. The number of aromatic nitrogens is 2. The predicted molar refractivity (Wildman–Crippen MR) is 180 cm³/mol. The summed E-state index contributed by atoms with van der Waals surface area (Å²) in [7, 11) is 1.56. The Balaban J connectivity index is 1.29. The highest BCUT2D eigenvalue weighted by molar-refractivity contribution is 5.95. The maximum Gasteiger partial charge on any atom is 0.253 e. The van der Waals surface area contributed by atoms with E-state index < -0.39 is 6.04 Å². The van der Waals surface area contributed by atoms with Crippen LogP contribution in [0.25, 0.3) is 11.4 Å². The molecule has 12 heteroatoms. The van der Waals surface area contributed by atoms with Crippen molar-refractivity contribution >= 4 is 23.6 Å². The van der Waals surface area contributed by atoms with Crippen LogP contribution in [0.4, 0.5) is 0 Å². The van der Waals surface area contributed by atoms with Gasteiger partial charge in [0.2, 0.25) is 17.7 Å². The summed E-state index contributed by atoms with van der Waals surface area (Å²) in [5.41, 5.74) is 1.43. The summed E-state index contributed by atoms with van der Waals surface area (Å²) in [4.78, 5) is 61.6. The largest absolute Gasteiger partial charge is 0.497 e. The summed E-state index contributed by atoms with van der Waals surface area (Å²) in [6.45, 7) is 6.19. The summed E-state index contributed by atoms with van der Waals surface area (Å²) in [5.74, 6) is 0.990. The van der Waals surface area contributed by atoms with Crippen LogP contribution >= 0.6 is 0 Å². The molecule has 48 heavy (non-hydrogen) atoms. The molecule has 0 aliphatic carbocycles. The molecule has 256 valence electrons. The minimum atomic E-state index is -0.735. The number of amides is 4. The van der Waals surface area contributed by atoms with Gasteiger partial charge in [0, 0.05) is 62.2 Å². The van der Waals surface area contributed by atoms with Crippen LogP contribution in [0.15, 0.2) is 60.9 Å². The molecule has 1 atom stereocenters. The average molecular weight is 659 g/mol. The van der Waals surface area contributed by atoms with Gasteiger partial charge in [-0.2, -0.15) is 0 Å². The van der Waals surface area contributed by atoms with Gasteiger partial charge in [0.15, 0.2) is 0 Å². The second-order valence-electron chi connectivity index (χ2n) is 12.8. The van der Waals surface area contributed by atoms with Gasteiger partial charge in [-0.3, -0.25) is 19.2 Å². The molecule has 2 aliphatic rings. The van der Waals surface area contributed by atoms with E-state index in [-0.39, 0.29) is 42.0 Å². The van der Waals surface area contributed by atoms with E-state index in [2.05, 4.69) is 15.6 Å². The fraction of sp³-hybridized carbons (Fsp3) is 0.472. The molecular weight excluding hydrogens is 612 g/mol. The van der Waals surface area contributed by atoms with Crippen molar-refractivity contribution in [3.8, 4) is 22.9 Å². The summed E-state index contributed by atoms with van der Waals surface area (Å²) in [5, 5.41) is 5.87. The zero-order chi connectivity index (χ0) is 34.0. The minimum Gasteiger partial charge on any atom is -0.497 e. The number of ether oxygens (including phenoxy) is 2. The van der Waals surface area contributed by atoms with Crippen LogP contribution in [0.2, 0.25) is 0 Å². The van der Waals surface area contributed by atoms with Crippen LogP contribution < -0.4 is 20.1 Å². The molecule has 2 N–H and O–H groups in total. The van der Waals surface area contributed by atoms with Gasteiger partial charge in [-0.15, -0.1) is 0 Å². The average Bonchev–Trinajstić information content (AvgIpc) is 3.57. The monoisotopic (exact) mass is 658 g/mol. The number of hydrogen-bond acceptors (Lipinski definition) is 7. The SMILES string of the molecule is COc1cccc(C(=O)N2CCC(C(=O)N3CCCOc4cccc(c4)-c4nccn4CCNC(=O)[C@@H](CC(C)C)NC(=O)C3)CC2)c1. The Bertz CT molecular complexity index is 1580. The first-order valence-corrected chi connectivity index (χ1v) is 16.8. The Morgan fingerprint density at radius 1 is 1.02 bits per heavy atom. The Morgan fingerprint density at radius 2 is 1.81 bits per heavy atom. The molecule has 0 spiro atoms. The molecule has 1 fully saturated rings. The first kappa shape index (κ1) is 34.5. The van der Waals surface area contributed by atoms with E-state index in [9.17, 15) is 19.2 Å². The molecule has 3 aromatic rings. The Kier molecular flexibility index (Phi) is 11.7. The van der Waals surface area contributed by atoms with Crippen molar-refractivity contribution in [2.75, 3.05) is 46.4 Å². The number of carbonyl (C=O) groups excluding carboxylic acids is 4. The zero-order valence-electron chi connectivity index (χ0n) is 28.0. The van der Waals surface area contributed by atoms with E-state index in [0.717, 1.165) is 11.4 Å². The molecule has 0 radical (unpaired) electrons. The lowest BCUT2D eigenvalue weighted by Crippen LogP contribution is -2.52. The zero-order valence-corrected chi connectivity index (χ0v) is 28.0. The molecule has 2 aliphatic heterocycles. The number of methoxy groups -OCH3 is 1. The molecular formula is C36H46N6O6. The smallest absolute Gasteiger partial charge is 0.253 e. The lowest BCUT2D eigenvalue weighted by atomic mass is 9.94. The molecule has 5 rings (SSSR count). The quantitative estimate of drug-likeness (QED) is 0.429. The maximum absolute atomic E-state index is 13.9. The molecule has 12 nitrogen and oxygen atoms in total. The van der Waals surface area contributed by atoms with E-state index in [1.54, 1.807) is 47.4 Å². The second kappa shape index (κ2) is 16.3. The third-order valence-electron chi connectivity index (χ3n) is 8.75. The number of piperidine rings is 1. The van der Waals surface area contributed by atoms with E-state index in [0.29, 0.717) is 82.1 Å². The highest BCUT2D eigenvalue weighted by atomic mass is 16.5. The number of likely N-dealkylation sites (tertiary alicyclic amines) is 1. The van der Waals surface area contributed by atoms with Crippen LogP contribution in [0.5, 0.6) is 11.5 Å². The maximum atomic E-state index is 13.9. The topological polar surface area (TPSA) is 135 Å². The van der Waals surface area contributed by atoms with Crippen LogP contribution in [-0.2, 0) is 20.9 Å². The number of fused-ring (bicyclic) bond motifs is 4. The van der Waals surface area contributed by atoms with Crippen molar-refractivity contribution < 1.29 is 28.7 Å². The van der Waals surface area contributed by atoms with E-state index in [4.69, 9.17) is 9.47 Å². The number of hydrogen-bond donors (Lipinski definition) is 2. The first-order chi connectivity index (χ1) is 23.2. The molecule has 1 saturated heterocycles. The van der Waals surface area contributed by atoms with E-state index >= 15 is 0 Å². The van der Waals surface area contributed by atoms with Crippen molar-refractivity contribution in [3.63, 3.8) is 0 Å². The van der Waals surface area contributed by atoms with Crippen LogP contribution in [0.3, 0.4) is 0 Å². The fourth-order valence-electron chi connectivity index (χ4n) is 6.25. The van der Waals surface area contributed by atoms with Gasteiger partial charge < -0.3 is 34.5 Å². The van der Waals surface area contributed by atoms with E-state index in [1.165, 1.54) is 0 Å². The third kappa shape index (κ3) is 8.93. The summed E-state index contributed by atoms with van der Waals surface area (Å²) in [6, 6.07) is 14.0. The van der Waals surface area contributed by atoms with Crippen molar-refractivity contribution in [2.45, 2.75) is 52.1 Å². The summed E-state index contributed by atoms with van der Waals surface area (Å²) >= 11 is 0. The number of imidazole rings is 1. The van der Waals surface area contributed by atoms with Gasteiger partial charge in [0.05, 0.1) is 20.3 Å². The molecule has 2 aromatic carbocycles. The van der Waals surface area contributed by atoms with Crippen molar-refractivity contribution in [2.24, 2.45) is 11.8 Å². The van der Waals surface area contributed by atoms with Crippen LogP contribution in [-0.4, -0.2) is 95.5 Å². The Morgan fingerprint density at radius 3 is 2.58 bits per heavy atom. The Hall–Kier alpha value is -4.87. The second-order valence-corrected chi connectivity index (χ2v) is 12.8. The van der Waals surface area contributed by atoms with Crippen molar-refractivity contribution in [1.82, 2.24) is 30.0 Å². The van der Waals surface area contributed by atoms with Gasteiger partial charge in [-0.05, 0) is 61.9 Å². The predicted octanol–water partition coefficient (Wildman–Crippen LogP) is 3.37. The molecule has 0 saturated carbocycles. The summed E-state index contributed by atoms with van der Waals surface area (Å²) in [6.07, 6.45) is 5.54. The van der Waals surface area contributed by atoms with Crippen molar-refractivity contribution in [3.05, 3.63) is 66.5 Å². The highest BCUT2D eigenvalue weighted by Gasteiger charge is 2.32. The standard InChI is InChI=1S/C36H46N6O6/c1-25(2)21-31-34(44)38-14-19-40-18-13-37-33(40)27-7-4-10-30(22-27)48-20-6-15-42(24-32(43)39-31)35(45)26-11-16-41(17-12-26)36(46)28-8-5-9-29(23-28)47-3/h4-5,7-10,13,18,22-23,25-26,31H,6,11-12,14-17,19-21,24H2,1-3H3,(H,38,44)(H,39,43)/t31-/m1/s1. The van der Waals surface area contributed by atoms with Crippen LogP contribution in [0, 0.1) is 11.8 Å².